The molecule has 4 N–H and O–H groups in total. The minimum atomic E-state index is -4.34. The SMILES string of the molecule is CCNc1cc(NCCNC(=O)Nc2ccc(SC(F)(F)F)cc2)nc(C)n1. The third-order valence-electron chi connectivity index (χ3n) is 3.26. The predicted octanol–water partition coefficient (Wildman–Crippen LogP) is 4.06. The number of urea groups is 1. The molecule has 28 heavy (non-hydrogen) atoms. The molecular formula is C17H21F3N6OS. The molecule has 0 aliphatic carbocycles. The fourth-order valence-electron chi connectivity index (χ4n) is 2.21. The van der Waals surface area contributed by atoms with Gasteiger partial charge in [0.05, 0.1) is 0 Å². The third-order valence-corrected chi connectivity index (χ3v) is 4.00. The summed E-state index contributed by atoms with van der Waals surface area (Å²) in [6.07, 6.45) is 0. The molecule has 0 aliphatic rings. The highest BCUT2D eigenvalue weighted by Gasteiger charge is 2.29. The number of carbonyl (C=O) groups is 1. The molecule has 11 heteroatoms. The molecule has 2 aromatic rings. The molecular weight excluding hydrogens is 393 g/mol. The molecule has 2 amide bonds. The van der Waals surface area contributed by atoms with Crippen molar-refractivity contribution in [1.82, 2.24) is 15.3 Å². The highest BCUT2D eigenvalue weighted by Crippen LogP contribution is 2.36. The monoisotopic (exact) mass is 414 g/mol. The van der Waals surface area contributed by atoms with Gasteiger partial charge in [0.25, 0.3) is 0 Å². The average Bonchev–Trinajstić information content (AvgIpc) is 2.59. The number of rotatable bonds is 8. The van der Waals surface area contributed by atoms with Crippen LogP contribution in [-0.2, 0) is 0 Å². The average molecular weight is 414 g/mol. The lowest BCUT2D eigenvalue weighted by Crippen LogP contribution is -2.32. The number of anilines is 3. The van der Waals surface area contributed by atoms with Crippen LogP contribution in [0.5, 0.6) is 0 Å². The third kappa shape index (κ3) is 7.91. The summed E-state index contributed by atoms with van der Waals surface area (Å²) in [5.41, 5.74) is -3.94. The largest absolute Gasteiger partial charge is 0.446 e. The molecule has 1 heterocycles. The number of hydrogen-bond acceptors (Lipinski definition) is 6. The fourth-order valence-corrected chi connectivity index (χ4v) is 2.75. The summed E-state index contributed by atoms with van der Waals surface area (Å²) in [7, 11) is 0. The normalized spacial score (nSPS) is 11.0. The van der Waals surface area contributed by atoms with Crippen LogP contribution < -0.4 is 21.3 Å². The number of alkyl halides is 3. The van der Waals surface area contributed by atoms with E-state index in [1.165, 1.54) is 24.3 Å². The molecule has 0 atom stereocenters. The van der Waals surface area contributed by atoms with Crippen LogP contribution in [-0.4, -0.2) is 41.1 Å². The van der Waals surface area contributed by atoms with Gasteiger partial charge in [0.2, 0.25) is 0 Å². The van der Waals surface area contributed by atoms with E-state index in [1.54, 1.807) is 13.0 Å². The summed E-state index contributed by atoms with van der Waals surface area (Å²) >= 11 is -0.203. The van der Waals surface area contributed by atoms with E-state index in [9.17, 15) is 18.0 Å². The lowest BCUT2D eigenvalue weighted by molar-refractivity contribution is -0.0328. The molecule has 7 nitrogen and oxygen atoms in total. The second-order valence-corrected chi connectivity index (χ2v) is 6.73. The highest BCUT2D eigenvalue weighted by atomic mass is 32.2. The van der Waals surface area contributed by atoms with Crippen molar-refractivity contribution in [2.75, 3.05) is 35.6 Å². The van der Waals surface area contributed by atoms with Crippen LogP contribution in [0, 0.1) is 6.92 Å². The van der Waals surface area contributed by atoms with Crippen LogP contribution in [0.4, 0.5) is 35.3 Å². The number of halogens is 3. The van der Waals surface area contributed by atoms with Crippen LogP contribution in [0.1, 0.15) is 12.7 Å². The molecule has 0 bridgehead atoms. The van der Waals surface area contributed by atoms with E-state index in [0.717, 1.165) is 12.4 Å². The number of aryl methyl sites for hydroxylation is 1. The zero-order valence-electron chi connectivity index (χ0n) is 15.4. The van der Waals surface area contributed by atoms with Gasteiger partial charge in [-0.2, -0.15) is 13.2 Å². The Hall–Kier alpha value is -2.69. The molecule has 0 unspecified atom stereocenters. The Morgan fingerprint density at radius 2 is 1.71 bits per heavy atom. The van der Waals surface area contributed by atoms with Gasteiger partial charge >= 0.3 is 11.5 Å². The standard InChI is InChI=1S/C17H21F3N6OS/c1-3-21-14-10-15(25-11(2)24-14)22-8-9-23-16(27)26-12-4-6-13(7-5-12)28-17(18,19)20/h4-7,10H,3,8-9H2,1-2H3,(H2,23,26,27)(H2,21,22,24,25). The van der Waals surface area contributed by atoms with Crippen LogP contribution >= 0.6 is 11.8 Å². The Morgan fingerprint density at radius 3 is 2.32 bits per heavy atom. The van der Waals surface area contributed by atoms with Crippen molar-refractivity contribution in [3.63, 3.8) is 0 Å². The lowest BCUT2D eigenvalue weighted by Gasteiger charge is -2.11. The van der Waals surface area contributed by atoms with Gasteiger partial charge in [-0.3, -0.25) is 0 Å². The predicted molar refractivity (Wildman–Crippen MR) is 105 cm³/mol. The second-order valence-electron chi connectivity index (χ2n) is 5.60. The van der Waals surface area contributed by atoms with Gasteiger partial charge < -0.3 is 21.3 Å². The Morgan fingerprint density at radius 1 is 1.07 bits per heavy atom. The molecule has 2 rings (SSSR count). The summed E-state index contributed by atoms with van der Waals surface area (Å²) in [6.45, 7) is 5.27. The summed E-state index contributed by atoms with van der Waals surface area (Å²) in [5.74, 6) is 1.98. The minimum Gasteiger partial charge on any atom is -0.370 e. The van der Waals surface area contributed by atoms with Crippen LogP contribution in [0.3, 0.4) is 0 Å². The van der Waals surface area contributed by atoms with Gasteiger partial charge in [0, 0.05) is 36.3 Å². The molecule has 1 aromatic carbocycles. The van der Waals surface area contributed by atoms with E-state index >= 15 is 0 Å². The highest BCUT2D eigenvalue weighted by molar-refractivity contribution is 8.00. The Bertz CT molecular complexity index is 785. The van der Waals surface area contributed by atoms with Gasteiger partial charge in [-0.1, -0.05) is 0 Å². The maximum absolute atomic E-state index is 12.3. The van der Waals surface area contributed by atoms with Gasteiger partial charge in [-0.05, 0) is 49.9 Å². The van der Waals surface area contributed by atoms with Crippen molar-refractivity contribution in [2.24, 2.45) is 0 Å². The smallest absolute Gasteiger partial charge is 0.370 e. The van der Waals surface area contributed by atoms with Crippen LogP contribution in [0.25, 0.3) is 0 Å². The van der Waals surface area contributed by atoms with Crippen LogP contribution in [0.15, 0.2) is 35.2 Å². The fraction of sp³-hybridized carbons (Fsp3) is 0.353. The van der Waals surface area contributed by atoms with E-state index in [-0.39, 0.29) is 16.7 Å². The first-order valence-electron chi connectivity index (χ1n) is 8.49. The van der Waals surface area contributed by atoms with Gasteiger partial charge in [0.1, 0.15) is 17.5 Å². The number of nitrogens with zero attached hydrogens (tertiary/aromatic N) is 2. The molecule has 152 valence electrons. The molecule has 0 saturated heterocycles. The van der Waals surface area contributed by atoms with Crippen molar-refractivity contribution in [2.45, 2.75) is 24.3 Å². The molecule has 0 fully saturated rings. The second kappa shape index (κ2) is 10.0. The van der Waals surface area contributed by atoms with Crippen molar-refractivity contribution < 1.29 is 18.0 Å². The topological polar surface area (TPSA) is 91.0 Å². The van der Waals surface area contributed by atoms with Gasteiger partial charge in [-0.25, -0.2) is 14.8 Å². The molecule has 0 saturated carbocycles. The summed E-state index contributed by atoms with van der Waals surface area (Å²) in [5, 5.41) is 11.4. The summed E-state index contributed by atoms with van der Waals surface area (Å²) in [4.78, 5) is 20.4. The van der Waals surface area contributed by atoms with Crippen molar-refractivity contribution in [1.29, 1.82) is 0 Å². The number of nitrogens with one attached hydrogen (secondary N) is 4. The lowest BCUT2D eigenvalue weighted by atomic mass is 10.3. The Labute approximate surface area is 164 Å². The van der Waals surface area contributed by atoms with Crippen LogP contribution in [0.2, 0.25) is 0 Å². The van der Waals surface area contributed by atoms with Gasteiger partial charge in [0.15, 0.2) is 0 Å². The number of aromatic nitrogens is 2. The number of benzene rings is 1. The molecule has 0 radical (unpaired) electrons. The zero-order valence-corrected chi connectivity index (χ0v) is 16.2. The first-order chi connectivity index (χ1) is 13.2. The van der Waals surface area contributed by atoms with E-state index in [2.05, 4.69) is 31.2 Å². The number of thioether (sulfide) groups is 1. The number of hydrogen-bond donors (Lipinski definition) is 4. The summed E-state index contributed by atoms with van der Waals surface area (Å²) in [6, 6.07) is 6.75. The number of carbonyl (C=O) groups excluding carboxylic acids is 1. The maximum Gasteiger partial charge on any atom is 0.446 e. The van der Waals surface area contributed by atoms with Crippen molar-refractivity contribution >= 4 is 35.1 Å². The zero-order chi connectivity index (χ0) is 20.6. The van der Waals surface area contributed by atoms with E-state index in [4.69, 9.17) is 0 Å². The quantitative estimate of drug-likeness (QED) is 0.385. The maximum atomic E-state index is 12.3. The Balaban J connectivity index is 1.74. The van der Waals surface area contributed by atoms with E-state index in [0.29, 0.717) is 30.4 Å². The van der Waals surface area contributed by atoms with Crippen molar-refractivity contribution in [3.8, 4) is 0 Å². The van der Waals surface area contributed by atoms with Crippen molar-refractivity contribution in [3.05, 3.63) is 36.2 Å². The minimum absolute atomic E-state index is 0.0553. The first-order valence-corrected chi connectivity index (χ1v) is 9.31. The van der Waals surface area contributed by atoms with E-state index in [1.807, 2.05) is 6.92 Å². The van der Waals surface area contributed by atoms with Gasteiger partial charge in [-0.15, -0.1) is 0 Å². The first kappa shape index (κ1) is 21.6. The Kier molecular flexibility index (Phi) is 7.73. The molecule has 0 aliphatic heterocycles. The molecule has 0 spiro atoms. The van der Waals surface area contributed by atoms with E-state index < -0.39 is 11.5 Å². The summed E-state index contributed by atoms with van der Waals surface area (Å²) < 4.78 is 36.9. The number of amides is 2. The molecule has 1 aromatic heterocycles.